The van der Waals surface area contributed by atoms with Gasteiger partial charge in [0.1, 0.15) is 0 Å². The van der Waals surface area contributed by atoms with E-state index in [1.54, 1.807) is 0 Å². The molecule has 5 heteroatoms. The molecular formula is H4BaCeFeMgZr. The van der Waals surface area contributed by atoms with Gasteiger partial charge in [-0.25, -0.2) is 0 Å². The van der Waals surface area contributed by atoms with E-state index in [1.165, 1.54) is 22.3 Å². The van der Waals surface area contributed by atoms with Crippen LogP contribution in [0.1, 0.15) is 0 Å². The summed E-state index contributed by atoms with van der Waals surface area (Å²) in [6.45, 7) is 0. The van der Waals surface area contributed by atoms with Crippen molar-refractivity contribution in [2.45, 2.75) is 0 Å². The van der Waals surface area contributed by atoms with Crippen molar-refractivity contribution in [1.82, 2.24) is 0 Å². The minimum absolute atomic E-state index is 0. The van der Waals surface area contributed by atoms with Crippen LogP contribution < -0.4 is 0 Å². The van der Waals surface area contributed by atoms with Crippen molar-refractivity contribution < 1.29 is 76.4 Å². The molecule has 0 saturated heterocycles. The molecule has 0 nitrogen and oxygen atoms in total. The maximum atomic E-state index is 3.34. The fraction of sp³-hybridized carbons (Fsp3) is 0. The molecule has 24 valence electrons. The van der Waals surface area contributed by atoms with Crippen molar-refractivity contribution in [3.05, 3.63) is 0 Å². The molecule has 0 fully saturated rings. The monoisotopic (exact) mass is 452 g/mol. The van der Waals surface area contributed by atoms with E-state index in [4.69, 9.17) is 0 Å². The van der Waals surface area contributed by atoms with E-state index in [0.717, 1.165) is 0 Å². The zero-order valence-corrected chi connectivity index (χ0v) is 8.06. The van der Waals surface area contributed by atoms with Crippen LogP contribution in [-0.4, -0.2) is 71.9 Å². The summed E-state index contributed by atoms with van der Waals surface area (Å²) in [6.07, 6.45) is 0. The normalized spacial score (nSPS) is 0.800. The summed E-state index contributed by atoms with van der Waals surface area (Å²) < 4.78 is 0. The van der Waals surface area contributed by atoms with Gasteiger partial charge >= 0.3 is 107 Å². The predicted molar refractivity (Wildman–Crippen MR) is 17.1 cm³/mol. The Labute approximate surface area is 143 Å². The van der Waals surface area contributed by atoms with E-state index in [2.05, 4.69) is 12.3 Å². The van der Waals surface area contributed by atoms with Crippen molar-refractivity contribution >= 4 is 71.9 Å². The summed E-state index contributed by atoms with van der Waals surface area (Å²) in [5, 5.41) is 0. The van der Waals surface area contributed by atoms with Gasteiger partial charge in [0.15, 0.2) is 0 Å². The molecule has 0 aliphatic carbocycles. The van der Waals surface area contributed by atoms with Gasteiger partial charge in [0.05, 0.1) is 0 Å². The first-order valence-electron chi connectivity index (χ1n) is 0.177. The molecule has 0 unspecified atom stereocenters. The molecule has 0 rings (SSSR count). The zero-order chi connectivity index (χ0) is 2.00. The predicted octanol–water partition coefficient (Wildman–Crippen LogP) is -1.84. The van der Waals surface area contributed by atoms with Crippen LogP contribution in [0.3, 0.4) is 0 Å². The zero-order valence-electron chi connectivity index (χ0n) is 1.35. The maximum absolute atomic E-state index is 3.34. The number of hydrogen-bond donors (Lipinski definition) is 0. The van der Waals surface area contributed by atoms with Gasteiger partial charge < -0.3 is 0 Å². The van der Waals surface area contributed by atoms with E-state index in [1.807, 2.05) is 0 Å². The molecule has 0 aromatic carbocycles. The molecule has 5 heavy (non-hydrogen) atoms. The van der Waals surface area contributed by atoms with Gasteiger partial charge in [0, 0.05) is 41.7 Å². The molecule has 0 amide bonds. The van der Waals surface area contributed by atoms with Gasteiger partial charge in [-0.3, -0.25) is 0 Å². The summed E-state index contributed by atoms with van der Waals surface area (Å²) in [4.78, 5) is 0. The second-order valence-corrected chi connectivity index (χ2v) is 0. The first-order chi connectivity index (χ1) is 1.00. The van der Waals surface area contributed by atoms with Crippen molar-refractivity contribution in [2.24, 2.45) is 0 Å². The Morgan fingerprint density at radius 1 is 1.20 bits per heavy atom. The SMILES string of the molecule is [BaH2].[Ce].[Fe][Zr].[MgH2]. The first kappa shape index (κ1) is 22.5. The van der Waals surface area contributed by atoms with Gasteiger partial charge in [-0.05, 0) is 0 Å². The van der Waals surface area contributed by atoms with Crippen LogP contribution in [0, 0.1) is 41.7 Å². The molecule has 0 aliphatic rings. The van der Waals surface area contributed by atoms with Crippen LogP contribution in [0.4, 0.5) is 0 Å². The van der Waals surface area contributed by atoms with Gasteiger partial charge in [-0.15, -0.1) is 0 Å². The summed E-state index contributed by atoms with van der Waals surface area (Å²) in [5.41, 5.74) is 0. The quantitative estimate of drug-likeness (QED) is 0.379. The van der Waals surface area contributed by atoms with Crippen molar-refractivity contribution in [1.29, 1.82) is 0 Å². The Kier molecular flexibility index (Phi) is 103. The third kappa shape index (κ3) is 17.6. The molecular weight excluding hydrogens is 449 g/mol. The molecule has 0 radical (unpaired) electrons. The van der Waals surface area contributed by atoms with Gasteiger partial charge in [-0.1, -0.05) is 0 Å². The van der Waals surface area contributed by atoms with Crippen molar-refractivity contribution in [3.8, 4) is 0 Å². The maximum Gasteiger partial charge on any atom is 0.316 e. The summed E-state index contributed by atoms with van der Waals surface area (Å²) in [7, 11) is 0. The van der Waals surface area contributed by atoms with Crippen molar-refractivity contribution in [3.63, 3.8) is 0 Å². The number of hydrogen-bond acceptors (Lipinski definition) is 0. The fourth-order valence-electron chi connectivity index (χ4n) is 0. The van der Waals surface area contributed by atoms with E-state index < -0.39 is 0 Å². The fourth-order valence-corrected chi connectivity index (χ4v) is 0. The Balaban J connectivity index is -0.00000000167. The van der Waals surface area contributed by atoms with Crippen LogP contribution in [0.15, 0.2) is 0 Å². The molecule has 0 aliphatic heterocycles. The smallest absolute Gasteiger partial charge is 0.316 e. The molecule has 0 saturated carbocycles. The van der Waals surface area contributed by atoms with Gasteiger partial charge in [0.2, 0.25) is 0 Å². The second kappa shape index (κ2) is 22.9. The molecule has 0 bridgehead atoms. The van der Waals surface area contributed by atoms with Crippen LogP contribution in [0.5, 0.6) is 0 Å². The van der Waals surface area contributed by atoms with Gasteiger partial charge in [0.25, 0.3) is 0 Å². The topological polar surface area (TPSA) is 0 Å². The van der Waals surface area contributed by atoms with Crippen LogP contribution >= 0.6 is 0 Å². The van der Waals surface area contributed by atoms with E-state index in [-0.39, 0.29) is 114 Å². The molecule has 0 N–H and O–H groups in total. The Morgan fingerprint density at radius 2 is 1.20 bits per heavy atom. The largest absolute Gasteiger partial charge is 0.316 e. The van der Waals surface area contributed by atoms with Crippen molar-refractivity contribution in [2.75, 3.05) is 0 Å². The average molecular weight is 453 g/mol. The minimum Gasteiger partial charge on any atom is 0.316 e. The molecule has 0 heterocycles. The van der Waals surface area contributed by atoms with E-state index >= 15 is 0 Å². The first-order valence-corrected chi connectivity index (χ1v) is 4.31. The van der Waals surface area contributed by atoms with Crippen LogP contribution in [0.25, 0.3) is 0 Å². The Hall–Kier alpha value is 5.12. The van der Waals surface area contributed by atoms with Crippen LogP contribution in [-0.2, 0) is 34.6 Å². The van der Waals surface area contributed by atoms with E-state index in [9.17, 15) is 0 Å². The standard InChI is InChI=1S/Ba.Ce.Fe.Mg.Zr.4H. The Morgan fingerprint density at radius 3 is 1.20 bits per heavy atom. The second-order valence-electron chi connectivity index (χ2n) is 0. The summed E-state index contributed by atoms with van der Waals surface area (Å²) in [5.74, 6) is 0. The minimum atomic E-state index is 0. The Bertz CT molecular complexity index is 11.6. The average Bonchev–Trinajstić information content (AvgIpc) is 1.00. The van der Waals surface area contributed by atoms with E-state index in [0.29, 0.717) is 0 Å². The molecule has 0 aromatic heterocycles. The summed E-state index contributed by atoms with van der Waals surface area (Å²) >= 11 is 4.64. The summed E-state index contributed by atoms with van der Waals surface area (Å²) in [6, 6.07) is 0. The van der Waals surface area contributed by atoms with Gasteiger partial charge in [-0.2, -0.15) is 0 Å². The third-order valence-corrected chi connectivity index (χ3v) is 0. The third-order valence-electron chi connectivity index (χ3n) is 0. The van der Waals surface area contributed by atoms with Crippen LogP contribution in [0.2, 0.25) is 0 Å². The molecule has 0 spiro atoms. The molecule has 0 atom stereocenters. The molecule has 0 aromatic rings. The number of rotatable bonds is 0.